The molecule has 1 amide bonds. The van der Waals surface area contributed by atoms with Crippen LogP contribution in [-0.4, -0.2) is 19.4 Å². The highest BCUT2D eigenvalue weighted by Gasteiger charge is 2.51. The van der Waals surface area contributed by atoms with Gasteiger partial charge in [0.2, 0.25) is 10.0 Å². The number of carbonyl (C=O) groups is 1. The van der Waals surface area contributed by atoms with E-state index in [9.17, 15) is 18.3 Å². The molecule has 1 unspecified atom stereocenters. The lowest BCUT2D eigenvalue weighted by Gasteiger charge is -2.24. The molecule has 28 heavy (non-hydrogen) atoms. The number of halogens is 1. The zero-order valence-electron chi connectivity index (χ0n) is 14.4. The summed E-state index contributed by atoms with van der Waals surface area (Å²) in [5.41, 5.74) is -0.0885. The number of nitrogens with two attached hydrogens (primary N) is 1. The zero-order chi connectivity index (χ0) is 20.1. The number of nitrogens with zero attached hydrogens (tertiary/aromatic N) is 1. The molecule has 1 atom stereocenters. The highest BCUT2D eigenvalue weighted by atomic mass is 79.9. The first kappa shape index (κ1) is 18.8. The van der Waals surface area contributed by atoms with Crippen molar-refractivity contribution in [2.45, 2.75) is 10.5 Å². The van der Waals surface area contributed by atoms with E-state index in [1.807, 2.05) is 12.1 Å². The SMILES string of the molecule is NS(=O)(=O)c1ccc(C2(O)C(=O)N(c3ccc(Br)cc3)c3ccccc32)cc1. The Hall–Kier alpha value is -2.52. The Bertz CT molecular complexity index is 1180. The van der Waals surface area contributed by atoms with E-state index >= 15 is 0 Å². The third-order valence-corrected chi connectivity index (χ3v) is 6.19. The summed E-state index contributed by atoms with van der Waals surface area (Å²) in [6, 6.07) is 19.5. The third kappa shape index (κ3) is 2.85. The predicted molar refractivity (Wildman–Crippen MR) is 109 cm³/mol. The molecule has 3 aromatic rings. The number of anilines is 2. The lowest BCUT2D eigenvalue weighted by molar-refractivity contribution is -0.131. The van der Waals surface area contributed by atoms with E-state index in [2.05, 4.69) is 15.9 Å². The molecule has 0 radical (unpaired) electrons. The third-order valence-electron chi connectivity index (χ3n) is 4.73. The minimum Gasteiger partial charge on any atom is -0.372 e. The summed E-state index contributed by atoms with van der Waals surface area (Å²) in [4.78, 5) is 14.7. The molecule has 0 saturated heterocycles. The summed E-state index contributed by atoms with van der Waals surface area (Å²) in [6.45, 7) is 0. The molecular weight excluding hydrogens is 444 g/mol. The van der Waals surface area contributed by atoms with Gasteiger partial charge in [0.1, 0.15) is 0 Å². The lowest BCUT2D eigenvalue weighted by atomic mass is 9.87. The van der Waals surface area contributed by atoms with E-state index < -0.39 is 21.5 Å². The van der Waals surface area contributed by atoms with Gasteiger partial charge in [-0.25, -0.2) is 13.6 Å². The van der Waals surface area contributed by atoms with E-state index in [4.69, 9.17) is 5.14 Å². The van der Waals surface area contributed by atoms with Gasteiger partial charge in [-0.2, -0.15) is 0 Å². The summed E-state index contributed by atoms with van der Waals surface area (Å²) in [7, 11) is -3.88. The molecule has 0 spiro atoms. The predicted octanol–water partition coefficient (Wildman–Crippen LogP) is 3.01. The van der Waals surface area contributed by atoms with Gasteiger partial charge < -0.3 is 5.11 Å². The summed E-state index contributed by atoms with van der Waals surface area (Å²) in [5, 5.41) is 16.6. The molecule has 1 aliphatic rings. The number of hydrogen-bond acceptors (Lipinski definition) is 4. The molecule has 0 aliphatic carbocycles. The first-order valence-corrected chi connectivity index (χ1v) is 10.6. The Morgan fingerprint density at radius 2 is 1.54 bits per heavy atom. The van der Waals surface area contributed by atoms with Crippen LogP contribution in [0.3, 0.4) is 0 Å². The molecule has 6 nitrogen and oxygen atoms in total. The van der Waals surface area contributed by atoms with Crippen molar-refractivity contribution in [3.8, 4) is 0 Å². The van der Waals surface area contributed by atoms with Crippen LogP contribution in [-0.2, 0) is 20.4 Å². The normalized spacial score (nSPS) is 19.0. The van der Waals surface area contributed by atoms with Gasteiger partial charge in [0.05, 0.1) is 10.6 Å². The maximum atomic E-state index is 13.4. The molecule has 8 heteroatoms. The van der Waals surface area contributed by atoms with Crippen LogP contribution in [0.2, 0.25) is 0 Å². The number of fused-ring (bicyclic) bond motifs is 1. The second-order valence-electron chi connectivity index (χ2n) is 6.41. The number of sulfonamides is 1. The van der Waals surface area contributed by atoms with Crippen LogP contribution in [0.1, 0.15) is 11.1 Å². The molecule has 4 rings (SSSR count). The molecule has 3 aromatic carbocycles. The maximum Gasteiger partial charge on any atom is 0.273 e. The fraction of sp³-hybridized carbons (Fsp3) is 0.0500. The molecule has 1 aliphatic heterocycles. The van der Waals surface area contributed by atoms with Crippen molar-refractivity contribution in [3.63, 3.8) is 0 Å². The highest BCUT2D eigenvalue weighted by molar-refractivity contribution is 9.10. The minimum absolute atomic E-state index is 0.0941. The van der Waals surface area contributed by atoms with Gasteiger partial charge in [-0.15, -0.1) is 0 Å². The second kappa shape index (κ2) is 6.52. The molecule has 142 valence electrons. The molecule has 0 aromatic heterocycles. The zero-order valence-corrected chi connectivity index (χ0v) is 16.8. The fourth-order valence-electron chi connectivity index (χ4n) is 3.37. The standard InChI is InChI=1S/C20H15BrN2O4S/c21-14-7-9-15(10-8-14)23-18-4-2-1-3-17(18)20(25,19(23)24)13-5-11-16(12-6-13)28(22,26)27/h1-12,25H,(H2,22,26,27). The maximum absolute atomic E-state index is 13.4. The van der Waals surface area contributed by atoms with Crippen LogP contribution in [0.25, 0.3) is 0 Å². The molecule has 1 heterocycles. The number of para-hydroxylation sites is 1. The quantitative estimate of drug-likeness (QED) is 0.629. The van der Waals surface area contributed by atoms with Crippen molar-refractivity contribution < 1.29 is 18.3 Å². The van der Waals surface area contributed by atoms with Gasteiger partial charge in [0.25, 0.3) is 5.91 Å². The molecule has 0 bridgehead atoms. The summed E-state index contributed by atoms with van der Waals surface area (Å²) in [6.07, 6.45) is 0. The first-order valence-electron chi connectivity index (χ1n) is 8.28. The minimum atomic E-state index is -3.88. The van der Waals surface area contributed by atoms with Crippen molar-refractivity contribution >= 4 is 43.2 Å². The summed E-state index contributed by atoms with van der Waals surface area (Å²) in [5.74, 6) is -0.542. The van der Waals surface area contributed by atoms with E-state index in [-0.39, 0.29) is 10.5 Å². The Morgan fingerprint density at radius 1 is 0.929 bits per heavy atom. The van der Waals surface area contributed by atoms with Gasteiger partial charge in [-0.3, -0.25) is 9.69 Å². The topological polar surface area (TPSA) is 101 Å². The van der Waals surface area contributed by atoms with Crippen LogP contribution in [0.4, 0.5) is 11.4 Å². The van der Waals surface area contributed by atoms with Gasteiger partial charge in [-0.05, 0) is 48.0 Å². The molecular formula is C20H15BrN2O4S. The number of amides is 1. The average molecular weight is 459 g/mol. The van der Waals surface area contributed by atoms with Crippen LogP contribution < -0.4 is 10.0 Å². The molecule has 0 saturated carbocycles. The molecule has 0 fully saturated rings. The van der Waals surface area contributed by atoms with Crippen LogP contribution >= 0.6 is 15.9 Å². The van der Waals surface area contributed by atoms with Crippen molar-refractivity contribution in [3.05, 3.63) is 88.4 Å². The Kier molecular flexibility index (Phi) is 4.39. The van der Waals surface area contributed by atoms with Crippen molar-refractivity contribution in [2.75, 3.05) is 4.90 Å². The lowest BCUT2D eigenvalue weighted by Crippen LogP contribution is -2.39. The van der Waals surface area contributed by atoms with Gasteiger partial charge in [0, 0.05) is 15.7 Å². The number of aliphatic hydroxyl groups is 1. The van der Waals surface area contributed by atoms with E-state index in [0.29, 0.717) is 16.9 Å². The van der Waals surface area contributed by atoms with Crippen LogP contribution in [0, 0.1) is 0 Å². The monoisotopic (exact) mass is 458 g/mol. The van der Waals surface area contributed by atoms with E-state index in [0.717, 1.165) is 4.47 Å². The second-order valence-corrected chi connectivity index (χ2v) is 8.89. The number of primary sulfonamides is 1. The fourth-order valence-corrected chi connectivity index (χ4v) is 4.15. The van der Waals surface area contributed by atoms with Crippen LogP contribution in [0.5, 0.6) is 0 Å². The Balaban J connectivity index is 1.88. The Morgan fingerprint density at radius 3 is 2.14 bits per heavy atom. The largest absolute Gasteiger partial charge is 0.372 e. The van der Waals surface area contributed by atoms with Gasteiger partial charge >= 0.3 is 0 Å². The van der Waals surface area contributed by atoms with Gasteiger partial charge in [0.15, 0.2) is 5.60 Å². The highest BCUT2D eigenvalue weighted by Crippen LogP contribution is 2.47. The molecule has 3 N–H and O–H groups in total. The summed E-state index contributed by atoms with van der Waals surface area (Å²) < 4.78 is 23.9. The number of hydrogen-bond donors (Lipinski definition) is 2. The van der Waals surface area contributed by atoms with E-state index in [1.165, 1.54) is 29.2 Å². The smallest absolute Gasteiger partial charge is 0.273 e. The number of benzene rings is 3. The average Bonchev–Trinajstić information content (AvgIpc) is 2.91. The first-order chi connectivity index (χ1) is 13.2. The number of carbonyl (C=O) groups excluding carboxylic acids is 1. The van der Waals surface area contributed by atoms with E-state index in [1.54, 1.807) is 36.4 Å². The van der Waals surface area contributed by atoms with Crippen molar-refractivity contribution in [1.82, 2.24) is 0 Å². The van der Waals surface area contributed by atoms with Crippen molar-refractivity contribution in [2.24, 2.45) is 5.14 Å². The van der Waals surface area contributed by atoms with Gasteiger partial charge in [-0.1, -0.05) is 46.3 Å². The number of rotatable bonds is 3. The summed E-state index contributed by atoms with van der Waals surface area (Å²) >= 11 is 3.37. The van der Waals surface area contributed by atoms with Crippen molar-refractivity contribution in [1.29, 1.82) is 0 Å². The Labute approximate surface area is 170 Å². The van der Waals surface area contributed by atoms with Crippen LogP contribution in [0.15, 0.2) is 82.2 Å².